The minimum atomic E-state index is -0.227. The van der Waals surface area contributed by atoms with E-state index in [9.17, 15) is 0 Å². The molecule has 5 nitrogen and oxygen atoms in total. The molecule has 0 aliphatic carbocycles. The molecule has 0 bridgehead atoms. The van der Waals surface area contributed by atoms with E-state index in [1.165, 1.54) is 0 Å². The van der Waals surface area contributed by atoms with Crippen molar-refractivity contribution in [3.63, 3.8) is 0 Å². The van der Waals surface area contributed by atoms with E-state index in [2.05, 4.69) is 15.6 Å². The Labute approximate surface area is 128 Å². The van der Waals surface area contributed by atoms with Crippen molar-refractivity contribution >= 4 is 29.9 Å². The molecule has 0 aromatic carbocycles. The summed E-state index contributed by atoms with van der Waals surface area (Å²) in [6.45, 7) is 9.18. The van der Waals surface area contributed by atoms with Gasteiger partial charge < -0.3 is 20.1 Å². The van der Waals surface area contributed by atoms with Crippen LogP contribution in [0.2, 0.25) is 0 Å². The third-order valence-electron chi connectivity index (χ3n) is 2.33. The Morgan fingerprint density at radius 2 is 1.89 bits per heavy atom. The summed E-state index contributed by atoms with van der Waals surface area (Å²) in [5.74, 6) is 0.828. The molecule has 110 valence electrons. The van der Waals surface area contributed by atoms with Gasteiger partial charge >= 0.3 is 0 Å². The molecule has 0 aromatic heterocycles. The highest BCUT2D eigenvalue weighted by molar-refractivity contribution is 14.0. The molecular weight excluding hydrogens is 345 g/mol. The van der Waals surface area contributed by atoms with Crippen LogP contribution in [0.3, 0.4) is 0 Å². The summed E-state index contributed by atoms with van der Waals surface area (Å²) >= 11 is 0. The second-order valence-electron chi connectivity index (χ2n) is 4.43. The van der Waals surface area contributed by atoms with Crippen LogP contribution in [-0.4, -0.2) is 52.0 Å². The van der Waals surface area contributed by atoms with Gasteiger partial charge in [-0.05, 0) is 27.2 Å². The molecule has 18 heavy (non-hydrogen) atoms. The smallest absolute Gasteiger partial charge is 0.191 e. The number of rotatable bonds is 8. The molecule has 0 radical (unpaired) electrons. The maximum absolute atomic E-state index is 5.33. The number of ether oxygens (including phenoxy) is 2. The third-order valence-corrected chi connectivity index (χ3v) is 2.33. The lowest BCUT2D eigenvalue weighted by atomic mass is 10.1. The number of aliphatic imine (C=N–C) groups is 1. The van der Waals surface area contributed by atoms with Crippen LogP contribution in [0, 0.1) is 0 Å². The highest BCUT2D eigenvalue weighted by Crippen LogP contribution is 2.06. The number of guanidine groups is 1. The van der Waals surface area contributed by atoms with Crippen molar-refractivity contribution in [3.8, 4) is 0 Å². The molecule has 0 aliphatic rings. The van der Waals surface area contributed by atoms with Gasteiger partial charge in [0.1, 0.15) is 0 Å². The van der Waals surface area contributed by atoms with Gasteiger partial charge in [-0.3, -0.25) is 4.99 Å². The monoisotopic (exact) mass is 373 g/mol. The van der Waals surface area contributed by atoms with Gasteiger partial charge in [-0.2, -0.15) is 0 Å². The maximum Gasteiger partial charge on any atom is 0.191 e. The summed E-state index contributed by atoms with van der Waals surface area (Å²) in [4.78, 5) is 4.48. The lowest BCUT2D eigenvalue weighted by Crippen LogP contribution is -2.39. The zero-order chi connectivity index (χ0) is 13.1. The topological polar surface area (TPSA) is 54.9 Å². The van der Waals surface area contributed by atoms with Crippen molar-refractivity contribution < 1.29 is 9.47 Å². The lowest BCUT2D eigenvalue weighted by Gasteiger charge is -2.21. The first-order chi connectivity index (χ1) is 8.05. The SMILES string of the molecule is CCNC(=NCC(C)(C)OC)NCCCOC.I. The second kappa shape index (κ2) is 12.0. The summed E-state index contributed by atoms with van der Waals surface area (Å²) in [5, 5.41) is 6.45. The Hall–Kier alpha value is -0.0800. The molecule has 0 aliphatic heterocycles. The van der Waals surface area contributed by atoms with Crippen molar-refractivity contribution in [2.75, 3.05) is 40.5 Å². The van der Waals surface area contributed by atoms with Gasteiger partial charge in [0.25, 0.3) is 0 Å². The number of methoxy groups -OCH3 is 2. The minimum absolute atomic E-state index is 0. The van der Waals surface area contributed by atoms with Crippen molar-refractivity contribution in [1.29, 1.82) is 0 Å². The molecular formula is C12H28IN3O2. The van der Waals surface area contributed by atoms with E-state index < -0.39 is 0 Å². The Kier molecular flexibility index (Phi) is 13.5. The molecule has 0 rings (SSSR count). The normalized spacial score (nSPS) is 11.9. The number of nitrogens with zero attached hydrogens (tertiary/aromatic N) is 1. The molecule has 6 heteroatoms. The first-order valence-corrected chi connectivity index (χ1v) is 6.12. The van der Waals surface area contributed by atoms with Crippen LogP contribution in [0.5, 0.6) is 0 Å². The lowest BCUT2D eigenvalue weighted by molar-refractivity contribution is 0.0310. The van der Waals surface area contributed by atoms with E-state index in [0.717, 1.165) is 32.1 Å². The molecule has 0 saturated heterocycles. The van der Waals surface area contributed by atoms with Gasteiger partial charge in [-0.25, -0.2) is 0 Å². The van der Waals surface area contributed by atoms with Gasteiger partial charge in [0.2, 0.25) is 0 Å². The minimum Gasteiger partial charge on any atom is -0.385 e. The van der Waals surface area contributed by atoms with Crippen molar-refractivity contribution in [2.24, 2.45) is 4.99 Å². The summed E-state index contributed by atoms with van der Waals surface area (Å²) in [7, 11) is 3.41. The number of halogens is 1. The summed E-state index contributed by atoms with van der Waals surface area (Å²) < 4.78 is 10.3. The average molecular weight is 373 g/mol. The molecule has 0 aromatic rings. The van der Waals surface area contributed by atoms with E-state index in [-0.39, 0.29) is 29.6 Å². The fourth-order valence-corrected chi connectivity index (χ4v) is 1.10. The Morgan fingerprint density at radius 1 is 1.22 bits per heavy atom. The van der Waals surface area contributed by atoms with E-state index >= 15 is 0 Å². The quantitative estimate of drug-likeness (QED) is 0.294. The molecule has 0 heterocycles. The molecule has 0 spiro atoms. The average Bonchev–Trinajstić information content (AvgIpc) is 2.31. The van der Waals surface area contributed by atoms with Crippen molar-refractivity contribution in [2.45, 2.75) is 32.8 Å². The van der Waals surface area contributed by atoms with Crippen molar-refractivity contribution in [1.82, 2.24) is 10.6 Å². The highest BCUT2D eigenvalue weighted by atomic mass is 127. The Morgan fingerprint density at radius 3 is 2.39 bits per heavy atom. The predicted octanol–water partition coefficient (Wildman–Crippen LogP) is 1.62. The molecule has 0 saturated carbocycles. The largest absolute Gasteiger partial charge is 0.385 e. The van der Waals surface area contributed by atoms with Crippen LogP contribution in [0.4, 0.5) is 0 Å². The standard InChI is InChI=1S/C12H27N3O2.HI/c1-6-13-11(14-8-7-9-16-4)15-10-12(2,3)17-5;/h6-10H2,1-5H3,(H2,13,14,15);1H. The number of hydrogen-bond acceptors (Lipinski definition) is 3. The first-order valence-electron chi connectivity index (χ1n) is 6.12. The molecule has 0 fully saturated rings. The van der Waals surface area contributed by atoms with Gasteiger partial charge in [0.15, 0.2) is 5.96 Å². The molecule has 2 N–H and O–H groups in total. The van der Waals surface area contributed by atoms with E-state index in [4.69, 9.17) is 9.47 Å². The predicted molar refractivity (Wildman–Crippen MR) is 87.0 cm³/mol. The fourth-order valence-electron chi connectivity index (χ4n) is 1.10. The van der Waals surface area contributed by atoms with E-state index in [1.807, 2.05) is 20.8 Å². The zero-order valence-electron chi connectivity index (χ0n) is 12.2. The third kappa shape index (κ3) is 11.0. The van der Waals surface area contributed by atoms with Gasteiger partial charge in [0.05, 0.1) is 12.1 Å². The van der Waals surface area contributed by atoms with Crippen LogP contribution >= 0.6 is 24.0 Å². The number of nitrogens with one attached hydrogen (secondary N) is 2. The van der Waals surface area contributed by atoms with E-state index in [0.29, 0.717) is 6.54 Å². The van der Waals surface area contributed by atoms with E-state index in [1.54, 1.807) is 14.2 Å². The highest BCUT2D eigenvalue weighted by Gasteiger charge is 2.15. The molecule has 0 unspecified atom stereocenters. The summed E-state index contributed by atoms with van der Waals surface area (Å²) in [6, 6.07) is 0. The van der Waals surface area contributed by atoms with Crippen LogP contribution in [0.15, 0.2) is 4.99 Å². The fraction of sp³-hybridized carbons (Fsp3) is 0.917. The van der Waals surface area contributed by atoms with Crippen LogP contribution < -0.4 is 10.6 Å². The van der Waals surface area contributed by atoms with Gasteiger partial charge in [-0.15, -0.1) is 24.0 Å². The zero-order valence-corrected chi connectivity index (χ0v) is 14.5. The molecule has 0 atom stereocenters. The maximum atomic E-state index is 5.33. The van der Waals surface area contributed by atoms with Crippen LogP contribution in [0.25, 0.3) is 0 Å². The number of hydrogen-bond donors (Lipinski definition) is 2. The molecule has 0 amide bonds. The van der Waals surface area contributed by atoms with Crippen LogP contribution in [-0.2, 0) is 9.47 Å². The van der Waals surface area contributed by atoms with Crippen LogP contribution in [0.1, 0.15) is 27.2 Å². The van der Waals surface area contributed by atoms with Crippen molar-refractivity contribution in [3.05, 3.63) is 0 Å². The van der Waals surface area contributed by atoms with Gasteiger partial charge in [0, 0.05) is 33.9 Å². The Bertz CT molecular complexity index is 223. The van der Waals surface area contributed by atoms with Gasteiger partial charge in [-0.1, -0.05) is 0 Å². The Balaban J connectivity index is 0. The summed E-state index contributed by atoms with van der Waals surface area (Å²) in [6.07, 6.45) is 0.967. The summed E-state index contributed by atoms with van der Waals surface area (Å²) in [5.41, 5.74) is -0.227. The second-order valence-corrected chi connectivity index (χ2v) is 4.43. The first kappa shape index (κ1) is 20.2.